The molecule has 0 aliphatic carbocycles. The summed E-state index contributed by atoms with van der Waals surface area (Å²) in [6.07, 6.45) is 0.840. The van der Waals surface area contributed by atoms with Crippen molar-refractivity contribution in [2.75, 3.05) is 18.0 Å². The number of anilines is 1. The van der Waals surface area contributed by atoms with Gasteiger partial charge in [-0.15, -0.1) is 11.3 Å². The molecule has 2 N–H and O–H groups in total. The monoisotopic (exact) mass is 275 g/mol. The van der Waals surface area contributed by atoms with E-state index in [0.717, 1.165) is 22.7 Å². The Balaban J connectivity index is 2.05. The molecule has 1 aliphatic heterocycles. The largest absolute Gasteiger partial charge is 0.369 e. The van der Waals surface area contributed by atoms with Crippen LogP contribution < -0.4 is 10.6 Å². The molecular weight excluding hydrogens is 266 g/mol. The highest BCUT2D eigenvalue weighted by molar-refractivity contribution is 9.10. The van der Waals surface area contributed by atoms with Crippen molar-refractivity contribution in [3.05, 3.63) is 9.98 Å². The lowest BCUT2D eigenvalue weighted by Crippen LogP contribution is -2.27. The molecule has 2 heterocycles. The third kappa shape index (κ3) is 1.90. The van der Waals surface area contributed by atoms with Gasteiger partial charge in [0.1, 0.15) is 4.60 Å². The third-order valence-electron chi connectivity index (χ3n) is 2.33. The summed E-state index contributed by atoms with van der Waals surface area (Å²) in [6.45, 7) is 1.57. The van der Waals surface area contributed by atoms with E-state index < -0.39 is 0 Å². The molecule has 1 saturated heterocycles. The second-order valence-corrected chi connectivity index (χ2v) is 4.94. The molecule has 1 amide bonds. The van der Waals surface area contributed by atoms with Gasteiger partial charge in [-0.3, -0.25) is 4.79 Å². The van der Waals surface area contributed by atoms with Crippen LogP contribution in [0.1, 0.15) is 6.42 Å². The molecule has 76 valence electrons. The Morgan fingerprint density at radius 3 is 3.07 bits per heavy atom. The molecule has 1 atom stereocenters. The van der Waals surface area contributed by atoms with Crippen LogP contribution in [0, 0.1) is 5.92 Å². The molecule has 0 bridgehead atoms. The summed E-state index contributed by atoms with van der Waals surface area (Å²) < 4.78 is 0.847. The number of hydrogen-bond donors (Lipinski definition) is 1. The minimum absolute atomic E-state index is 0.0160. The number of carbonyl (C=O) groups is 1. The van der Waals surface area contributed by atoms with Crippen LogP contribution in [0.2, 0.25) is 0 Å². The van der Waals surface area contributed by atoms with Gasteiger partial charge < -0.3 is 10.6 Å². The summed E-state index contributed by atoms with van der Waals surface area (Å²) >= 11 is 4.88. The molecule has 1 aromatic heterocycles. The molecule has 1 aromatic rings. The third-order valence-corrected chi connectivity index (χ3v) is 3.94. The van der Waals surface area contributed by atoms with Crippen molar-refractivity contribution >= 4 is 38.3 Å². The van der Waals surface area contributed by atoms with Crippen molar-refractivity contribution in [1.82, 2.24) is 4.98 Å². The van der Waals surface area contributed by atoms with Gasteiger partial charge in [0.05, 0.1) is 5.92 Å². The first-order valence-corrected chi connectivity index (χ1v) is 5.99. The van der Waals surface area contributed by atoms with Crippen molar-refractivity contribution in [1.29, 1.82) is 0 Å². The van der Waals surface area contributed by atoms with Crippen molar-refractivity contribution in [2.45, 2.75) is 6.42 Å². The Bertz CT molecular complexity index is 354. The van der Waals surface area contributed by atoms with Crippen LogP contribution in [0.4, 0.5) is 5.13 Å². The van der Waals surface area contributed by atoms with E-state index >= 15 is 0 Å². The number of carbonyl (C=O) groups excluding carboxylic acids is 1. The number of hydrogen-bond acceptors (Lipinski definition) is 4. The molecule has 1 unspecified atom stereocenters. The fourth-order valence-corrected chi connectivity index (χ4v) is 2.84. The number of nitrogens with zero attached hydrogens (tertiary/aromatic N) is 2. The lowest BCUT2D eigenvalue weighted by Gasteiger charge is -2.13. The average Bonchev–Trinajstić information content (AvgIpc) is 2.70. The number of aromatic nitrogens is 1. The van der Waals surface area contributed by atoms with E-state index in [2.05, 4.69) is 25.8 Å². The lowest BCUT2D eigenvalue weighted by atomic mass is 10.1. The van der Waals surface area contributed by atoms with Gasteiger partial charge in [0.25, 0.3) is 0 Å². The second kappa shape index (κ2) is 3.86. The first-order valence-electron chi connectivity index (χ1n) is 4.32. The van der Waals surface area contributed by atoms with E-state index in [9.17, 15) is 4.79 Å². The smallest absolute Gasteiger partial charge is 0.222 e. The Labute approximate surface area is 94.2 Å². The first-order chi connectivity index (χ1) is 6.66. The summed E-state index contributed by atoms with van der Waals surface area (Å²) in [7, 11) is 0. The van der Waals surface area contributed by atoms with Crippen LogP contribution >= 0.6 is 27.3 Å². The molecule has 2 rings (SSSR count). The van der Waals surface area contributed by atoms with Gasteiger partial charge in [-0.25, -0.2) is 4.98 Å². The van der Waals surface area contributed by atoms with Crippen molar-refractivity contribution in [2.24, 2.45) is 11.7 Å². The van der Waals surface area contributed by atoms with Crippen LogP contribution in [-0.2, 0) is 4.79 Å². The SMILES string of the molecule is NC(=O)C1CCN(c2nc(Br)cs2)C1. The van der Waals surface area contributed by atoms with Crippen LogP contribution in [0.25, 0.3) is 0 Å². The fourth-order valence-electron chi connectivity index (χ4n) is 1.56. The molecule has 4 nitrogen and oxygen atoms in total. The Morgan fingerprint density at radius 1 is 1.79 bits per heavy atom. The molecule has 14 heavy (non-hydrogen) atoms. The number of nitrogens with two attached hydrogens (primary N) is 1. The van der Waals surface area contributed by atoms with Gasteiger partial charge in [-0.05, 0) is 22.4 Å². The number of primary amides is 1. The van der Waals surface area contributed by atoms with Gasteiger partial charge in [-0.2, -0.15) is 0 Å². The van der Waals surface area contributed by atoms with Gasteiger partial charge in [0.2, 0.25) is 5.91 Å². The summed E-state index contributed by atoms with van der Waals surface area (Å²) in [4.78, 5) is 17.4. The number of halogens is 1. The van der Waals surface area contributed by atoms with E-state index in [-0.39, 0.29) is 11.8 Å². The number of thiazole rings is 1. The van der Waals surface area contributed by atoms with E-state index in [4.69, 9.17) is 5.73 Å². The number of rotatable bonds is 2. The zero-order valence-electron chi connectivity index (χ0n) is 7.44. The Morgan fingerprint density at radius 2 is 2.57 bits per heavy atom. The molecule has 0 aromatic carbocycles. The predicted octanol–water partition coefficient (Wildman–Crippen LogP) is 1.22. The quantitative estimate of drug-likeness (QED) is 0.883. The molecular formula is C8H10BrN3OS. The van der Waals surface area contributed by atoms with Gasteiger partial charge in [-0.1, -0.05) is 0 Å². The zero-order chi connectivity index (χ0) is 10.1. The summed E-state index contributed by atoms with van der Waals surface area (Å²) in [5.74, 6) is -0.221. The van der Waals surface area contributed by atoms with E-state index in [1.54, 1.807) is 11.3 Å². The van der Waals surface area contributed by atoms with Crippen LogP contribution in [-0.4, -0.2) is 24.0 Å². The fraction of sp³-hybridized carbons (Fsp3) is 0.500. The standard InChI is InChI=1S/C8H10BrN3OS/c9-6-4-14-8(11-6)12-2-1-5(3-12)7(10)13/h4-5H,1-3H2,(H2,10,13). The maximum Gasteiger partial charge on any atom is 0.222 e. The van der Waals surface area contributed by atoms with E-state index in [0.29, 0.717) is 6.54 Å². The minimum Gasteiger partial charge on any atom is -0.369 e. The van der Waals surface area contributed by atoms with Gasteiger partial charge in [0.15, 0.2) is 5.13 Å². The second-order valence-electron chi connectivity index (χ2n) is 3.29. The maximum atomic E-state index is 11.0. The molecule has 1 aliphatic rings. The Hall–Kier alpha value is -0.620. The average molecular weight is 276 g/mol. The minimum atomic E-state index is -0.205. The molecule has 0 radical (unpaired) electrons. The number of amides is 1. The summed E-state index contributed by atoms with van der Waals surface area (Å²) in [5, 5.41) is 2.90. The van der Waals surface area contributed by atoms with Gasteiger partial charge >= 0.3 is 0 Å². The Kier molecular flexibility index (Phi) is 2.73. The summed E-state index contributed by atoms with van der Waals surface area (Å²) in [5.41, 5.74) is 5.25. The topological polar surface area (TPSA) is 59.2 Å². The lowest BCUT2D eigenvalue weighted by molar-refractivity contribution is -0.121. The highest BCUT2D eigenvalue weighted by Crippen LogP contribution is 2.28. The van der Waals surface area contributed by atoms with Crippen molar-refractivity contribution in [3.8, 4) is 0 Å². The van der Waals surface area contributed by atoms with Crippen molar-refractivity contribution in [3.63, 3.8) is 0 Å². The van der Waals surface area contributed by atoms with Crippen LogP contribution in [0.3, 0.4) is 0 Å². The normalized spacial score (nSPS) is 21.5. The van der Waals surface area contributed by atoms with Crippen LogP contribution in [0.5, 0.6) is 0 Å². The molecule has 0 spiro atoms. The van der Waals surface area contributed by atoms with Gasteiger partial charge in [0, 0.05) is 18.5 Å². The van der Waals surface area contributed by atoms with Crippen LogP contribution in [0.15, 0.2) is 9.98 Å². The molecule has 0 saturated carbocycles. The molecule has 6 heteroatoms. The van der Waals surface area contributed by atoms with Crippen molar-refractivity contribution < 1.29 is 4.79 Å². The maximum absolute atomic E-state index is 11.0. The molecule has 1 fully saturated rings. The zero-order valence-corrected chi connectivity index (χ0v) is 9.84. The highest BCUT2D eigenvalue weighted by Gasteiger charge is 2.27. The highest BCUT2D eigenvalue weighted by atomic mass is 79.9. The van der Waals surface area contributed by atoms with E-state index in [1.807, 2.05) is 5.38 Å². The summed E-state index contributed by atoms with van der Waals surface area (Å²) in [6, 6.07) is 0. The van der Waals surface area contributed by atoms with E-state index in [1.165, 1.54) is 0 Å². The first kappa shape index (κ1) is 9.92. The predicted molar refractivity (Wildman–Crippen MR) is 59.3 cm³/mol.